The Kier molecular flexibility index (Phi) is 6.42. The molecular formula is C28H24N2O2. The van der Waals surface area contributed by atoms with Gasteiger partial charge in [0, 0.05) is 16.9 Å². The van der Waals surface area contributed by atoms with Gasteiger partial charge in [-0.1, -0.05) is 84.4 Å². The van der Waals surface area contributed by atoms with Gasteiger partial charge >= 0.3 is 0 Å². The van der Waals surface area contributed by atoms with Crippen LogP contribution < -0.4 is 10.6 Å². The second-order valence-electron chi connectivity index (χ2n) is 7.64. The molecule has 32 heavy (non-hydrogen) atoms. The molecule has 0 aliphatic heterocycles. The highest BCUT2D eigenvalue weighted by molar-refractivity contribution is 6.05. The molecule has 0 bridgehead atoms. The van der Waals surface area contributed by atoms with E-state index in [1.165, 1.54) is 0 Å². The summed E-state index contributed by atoms with van der Waals surface area (Å²) in [6.45, 7) is 2.00. The largest absolute Gasteiger partial charge is 0.325 e. The van der Waals surface area contributed by atoms with Gasteiger partial charge in [-0.2, -0.15) is 0 Å². The topological polar surface area (TPSA) is 58.2 Å². The minimum Gasteiger partial charge on any atom is -0.325 e. The molecule has 0 aliphatic carbocycles. The van der Waals surface area contributed by atoms with E-state index in [0.717, 1.165) is 22.4 Å². The number of rotatable bonds is 6. The lowest BCUT2D eigenvalue weighted by atomic mass is 9.90. The van der Waals surface area contributed by atoms with E-state index in [-0.39, 0.29) is 11.8 Å². The number of hydrogen-bond acceptors (Lipinski definition) is 2. The standard InChI is InChI=1S/C28H24N2O2/c1-20-15-17-24(18-16-20)29-27(31)23-13-8-14-25(19-23)30-28(32)26(21-9-4-2-5-10-21)22-11-6-3-7-12-22/h2-19,26H,1H3,(H,29,31)(H,30,32). The molecular weight excluding hydrogens is 396 g/mol. The predicted octanol–water partition coefficient (Wildman–Crippen LogP) is 6.02. The van der Waals surface area contributed by atoms with Crippen LogP contribution in [0.15, 0.2) is 109 Å². The van der Waals surface area contributed by atoms with Crippen LogP contribution in [0.25, 0.3) is 0 Å². The molecule has 4 aromatic rings. The molecule has 0 saturated heterocycles. The van der Waals surface area contributed by atoms with Crippen molar-refractivity contribution in [2.24, 2.45) is 0 Å². The third-order valence-electron chi connectivity index (χ3n) is 5.23. The number of hydrogen-bond donors (Lipinski definition) is 2. The summed E-state index contributed by atoms with van der Waals surface area (Å²) in [4.78, 5) is 26.0. The van der Waals surface area contributed by atoms with Crippen molar-refractivity contribution >= 4 is 23.2 Å². The Morgan fingerprint density at radius 3 is 1.81 bits per heavy atom. The van der Waals surface area contributed by atoms with Crippen molar-refractivity contribution in [1.29, 1.82) is 0 Å². The van der Waals surface area contributed by atoms with E-state index in [2.05, 4.69) is 10.6 Å². The molecule has 4 heteroatoms. The van der Waals surface area contributed by atoms with E-state index in [4.69, 9.17) is 0 Å². The van der Waals surface area contributed by atoms with Gasteiger partial charge in [0.15, 0.2) is 0 Å². The minimum absolute atomic E-state index is 0.154. The van der Waals surface area contributed by atoms with E-state index in [1.54, 1.807) is 24.3 Å². The van der Waals surface area contributed by atoms with Gasteiger partial charge in [-0.3, -0.25) is 9.59 Å². The number of anilines is 2. The zero-order valence-corrected chi connectivity index (χ0v) is 17.8. The van der Waals surface area contributed by atoms with Crippen LogP contribution in [-0.2, 0) is 4.79 Å². The third-order valence-corrected chi connectivity index (χ3v) is 5.23. The highest BCUT2D eigenvalue weighted by Crippen LogP contribution is 2.26. The van der Waals surface area contributed by atoms with E-state index >= 15 is 0 Å². The predicted molar refractivity (Wildman–Crippen MR) is 129 cm³/mol. The Balaban J connectivity index is 1.54. The van der Waals surface area contributed by atoms with Crippen LogP contribution in [0.1, 0.15) is 33.0 Å². The molecule has 0 fully saturated rings. The maximum absolute atomic E-state index is 13.3. The fraction of sp³-hybridized carbons (Fsp3) is 0.0714. The van der Waals surface area contributed by atoms with E-state index in [9.17, 15) is 9.59 Å². The number of benzene rings is 4. The Labute approximate surface area is 187 Å². The van der Waals surface area contributed by atoms with Crippen LogP contribution in [0.3, 0.4) is 0 Å². The number of nitrogens with one attached hydrogen (secondary N) is 2. The maximum atomic E-state index is 13.3. The molecule has 158 valence electrons. The first-order chi connectivity index (χ1) is 15.6. The van der Waals surface area contributed by atoms with E-state index < -0.39 is 5.92 Å². The average molecular weight is 421 g/mol. The second-order valence-corrected chi connectivity index (χ2v) is 7.64. The summed E-state index contributed by atoms with van der Waals surface area (Å²) < 4.78 is 0. The van der Waals surface area contributed by atoms with Gasteiger partial charge < -0.3 is 10.6 Å². The quantitative estimate of drug-likeness (QED) is 0.401. The monoisotopic (exact) mass is 420 g/mol. The Hall–Kier alpha value is -4.18. The molecule has 0 spiro atoms. The number of aryl methyl sites for hydroxylation is 1. The zero-order valence-electron chi connectivity index (χ0n) is 17.8. The molecule has 0 atom stereocenters. The van der Waals surface area contributed by atoms with Gasteiger partial charge in [-0.15, -0.1) is 0 Å². The normalized spacial score (nSPS) is 10.6. The van der Waals surface area contributed by atoms with Crippen molar-refractivity contribution in [3.63, 3.8) is 0 Å². The molecule has 0 heterocycles. The summed E-state index contributed by atoms with van der Waals surface area (Å²) in [5.74, 6) is -0.839. The lowest BCUT2D eigenvalue weighted by molar-refractivity contribution is -0.116. The lowest BCUT2D eigenvalue weighted by Gasteiger charge is -2.18. The summed E-state index contributed by atoms with van der Waals surface area (Å²) >= 11 is 0. The average Bonchev–Trinajstić information content (AvgIpc) is 2.82. The highest BCUT2D eigenvalue weighted by Gasteiger charge is 2.22. The van der Waals surface area contributed by atoms with Crippen LogP contribution in [-0.4, -0.2) is 11.8 Å². The molecule has 4 rings (SSSR count). The SMILES string of the molecule is Cc1ccc(NC(=O)c2cccc(NC(=O)C(c3ccccc3)c3ccccc3)c2)cc1. The van der Waals surface area contributed by atoms with Crippen molar-refractivity contribution in [1.82, 2.24) is 0 Å². The van der Waals surface area contributed by atoms with Crippen molar-refractivity contribution in [2.45, 2.75) is 12.8 Å². The fourth-order valence-corrected chi connectivity index (χ4v) is 3.58. The van der Waals surface area contributed by atoms with Gasteiger partial charge in [0.1, 0.15) is 0 Å². The van der Waals surface area contributed by atoms with Gasteiger partial charge in [0.2, 0.25) is 5.91 Å². The molecule has 0 aliphatic rings. The van der Waals surface area contributed by atoms with Crippen LogP contribution in [0.5, 0.6) is 0 Å². The van der Waals surface area contributed by atoms with Crippen molar-refractivity contribution in [2.75, 3.05) is 10.6 Å². The van der Waals surface area contributed by atoms with Crippen LogP contribution in [0, 0.1) is 6.92 Å². The molecule has 0 unspecified atom stereocenters. The summed E-state index contributed by atoms with van der Waals surface area (Å²) in [6, 6.07) is 33.9. The van der Waals surface area contributed by atoms with E-state index in [0.29, 0.717) is 11.3 Å². The number of carbonyl (C=O) groups excluding carboxylic acids is 2. The number of amides is 2. The lowest BCUT2D eigenvalue weighted by Crippen LogP contribution is -2.22. The van der Waals surface area contributed by atoms with Gasteiger partial charge in [0.05, 0.1) is 5.92 Å². The van der Waals surface area contributed by atoms with Crippen LogP contribution in [0.4, 0.5) is 11.4 Å². The first kappa shape index (κ1) is 21.1. The first-order valence-electron chi connectivity index (χ1n) is 10.5. The summed E-state index contributed by atoms with van der Waals surface area (Å²) in [5.41, 5.74) is 4.71. The summed E-state index contributed by atoms with van der Waals surface area (Å²) in [6.07, 6.45) is 0. The van der Waals surface area contributed by atoms with Crippen LogP contribution in [0.2, 0.25) is 0 Å². The Morgan fingerprint density at radius 1 is 0.625 bits per heavy atom. The van der Waals surface area contributed by atoms with Crippen molar-refractivity contribution in [3.05, 3.63) is 131 Å². The van der Waals surface area contributed by atoms with Gasteiger partial charge in [-0.25, -0.2) is 0 Å². The molecule has 4 nitrogen and oxygen atoms in total. The smallest absolute Gasteiger partial charge is 0.255 e. The van der Waals surface area contributed by atoms with Crippen molar-refractivity contribution < 1.29 is 9.59 Å². The highest BCUT2D eigenvalue weighted by atomic mass is 16.2. The minimum atomic E-state index is -0.456. The maximum Gasteiger partial charge on any atom is 0.255 e. The Bertz CT molecular complexity index is 1160. The molecule has 2 amide bonds. The summed E-state index contributed by atoms with van der Waals surface area (Å²) in [7, 11) is 0. The zero-order chi connectivity index (χ0) is 22.3. The summed E-state index contributed by atoms with van der Waals surface area (Å²) in [5, 5.41) is 5.88. The molecule has 4 aromatic carbocycles. The van der Waals surface area contributed by atoms with Crippen molar-refractivity contribution in [3.8, 4) is 0 Å². The fourth-order valence-electron chi connectivity index (χ4n) is 3.58. The van der Waals surface area contributed by atoms with E-state index in [1.807, 2.05) is 91.9 Å². The molecule has 2 N–H and O–H groups in total. The molecule has 0 saturated carbocycles. The number of carbonyl (C=O) groups is 2. The second kappa shape index (κ2) is 9.75. The first-order valence-corrected chi connectivity index (χ1v) is 10.5. The third kappa shape index (κ3) is 5.10. The van der Waals surface area contributed by atoms with Crippen LogP contribution >= 0.6 is 0 Å². The van der Waals surface area contributed by atoms with Gasteiger partial charge in [-0.05, 0) is 48.4 Å². The Morgan fingerprint density at radius 2 is 1.22 bits per heavy atom. The van der Waals surface area contributed by atoms with Gasteiger partial charge in [0.25, 0.3) is 5.91 Å². The molecule has 0 radical (unpaired) electrons. The molecule has 0 aromatic heterocycles.